The molecule has 4 nitrogen and oxygen atoms in total. The van der Waals surface area contributed by atoms with Gasteiger partial charge in [0.05, 0.1) is 6.54 Å². The Balaban J connectivity index is 1.74. The highest BCUT2D eigenvalue weighted by Gasteiger charge is 2.39. The van der Waals surface area contributed by atoms with Crippen LogP contribution in [0, 0.1) is 5.92 Å². The first-order valence-corrected chi connectivity index (χ1v) is 6.39. The van der Waals surface area contributed by atoms with E-state index in [-0.39, 0.29) is 0 Å². The monoisotopic (exact) mass is 256 g/mol. The molecule has 1 fully saturated rings. The fourth-order valence-electron chi connectivity index (χ4n) is 2.61. The lowest BCUT2D eigenvalue weighted by Gasteiger charge is -2.11. The number of hydrogen-bond acceptors (Lipinski definition) is 2. The van der Waals surface area contributed by atoms with E-state index >= 15 is 0 Å². The summed E-state index contributed by atoms with van der Waals surface area (Å²) < 4.78 is 0. The molecule has 0 bridgehead atoms. The highest BCUT2D eigenvalue weighted by atomic mass is 16.5. The zero-order valence-corrected chi connectivity index (χ0v) is 10.5. The number of nitrogens with two attached hydrogens (primary N) is 1. The van der Waals surface area contributed by atoms with Gasteiger partial charge < -0.3 is 5.73 Å². The summed E-state index contributed by atoms with van der Waals surface area (Å²) in [6.07, 6.45) is 0.989. The minimum atomic E-state index is -0.788. The molecule has 2 aromatic carbocycles. The molecule has 0 radical (unpaired) electrons. The molecular weight excluding hydrogens is 240 g/mol. The van der Waals surface area contributed by atoms with Crippen molar-refractivity contribution in [2.45, 2.75) is 12.3 Å². The van der Waals surface area contributed by atoms with Gasteiger partial charge in [0.25, 0.3) is 0 Å². The van der Waals surface area contributed by atoms with Crippen LogP contribution < -0.4 is 5.73 Å². The normalized spacial score (nSPS) is 21.3. The zero-order chi connectivity index (χ0) is 13.4. The first-order valence-electron chi connectivity index (χ1n) is 6.39. The first kappa shape index (κ1) is 12.0. The van der Waals surface area contributed by atoms with E-state index in [2.05, 4.69) is 30.3 Å². The van der Waals surface area contributed by atoms with E-state index in [1.165, 1.54) is 16.3 Å². The summed E-state index contributed by atoms with van der Waals surface area (Å²) in [5, 5.41) is 12.4. The second kappa shape index (κ2) is 4.55. The van der Waals surface area contributed by atoms with Gasteiger partial charge in [0, 0.05) is 0 Å². The summed E-state index contributed by atoms with van der Waals surface area (Å²) in [6.45, 7) is 0.312. The molecule has 98 valence electrons. The van der Waals surface area contributed by atoms with Gasteiger partial charge in [0.2, 0.25) is 0 Å². The van der Waals surface area contributed by atoms with Crippen molar-refractivity contribution in [1.82, 2.24) is 5.06 Å². The lowest BCUT2D eigenvalue weighted by atomic mass is 10.0. The van der Waals surface area contributed by atoms with Crippen LogP contribution in [0.2, 0.25) is 0 Å². The lowest BCUT2D eigenvalue weighted by molar-refractivity contribution is -0.0431. The number of hydrogen-bond donors (Lipinski definition) is 2. The number of fused-ring (bicyclic) bond motifs is 1. The third-order valence-corrected chi connectivity index (χ3v) is 3.79. The second-order valence-electron chi connectivity index (χ2n) is 5.13. The van der Waals surface area contributed by atoms with Crippen LogP contribution in [0.25, 0.3) is 10.8 Å². The molecule has 1 saturated carbocycles. The molecule has 0 saturated heterocycles. The van der Waals surface area contributed by atoms with Crippen LogP contribution in [0.1, 0.15) is 17.9 Å². The smallest absolute Gasteiger partial charge is 0.338 e. The second-order valence-corrected chi connectivity index (χ2v) is 5.13. The number of primary amides is 1. The Morgan fingerprint density at radius 3 is 2.74 bits per heavy atom. The van der Waals surface area contributed by atoms with Crippen LogP contribution in [-0.2, 0) is 0 Å². The number of benzene rings is 2. The molecule has 19 heavy (non-hydrogen) atoms. The predicted octanol–water partition coefficient (Wildman–Crippen LogP) is 2.71. The Morgan fingerprint density at radius 1 is 1.26 bits per heavy atom. The molecular formula is C15H16N2O2. The average molecular weight is 256 g/mol. The van der Waals surface area contributed by atoms with E-state index in [1.807, 2.05) is 12.1 Å². The molecule has 4 heteroatoms. The van der Waals surface area contributed by atoms with E-state index in [0.29, 0.717) is 23.4 Å². The Labute approximate surface area is 111 Å². The molecule has 2 amide bonds. The van der Waals surface area contributed by atoms with Crippen LogP contribution in [-0.4, -0.2) is 22.8 Å². The average Bonchev–Trinajstić information content (AvgIpc) is 3.17. The topological polar surface area (TPSA) is 66.6 Å². The molecule has 1 aliphatic carbocycles. The number of nitrogens with zero attached hydrogens (tertiary/aromatic N) is 1. The summed E-state index contributed by atoms with van der Waals surface area (Å²) in [5.41, 5.74) is 6.27. The van der Waals surface area contributed by atoms with Crippen molar-refractivity contribution in [3.05, 3.63) is 48.0 Å². The maximum Gasteiger partial charge on any atom is 0.338 e. The minimum absolute atomic E-state index is 0.304. The fraction of sp³-hybridized carbons (Fsp3) is 0.267. The van der Waals surface area contributed by atoms with Crippen LogP contribution >= 0.6 is 0 Å². The molecule has 0 unspecified atom stereocenters. The molecule has 2 aromatic rings. The highest BCUT2D eigenvalue weighted by Crippen LogP contribution is 2.48. The van der Waals surface area contributed by atoms with Crippen LogP contribution in [0.4, 0.5) is 4.79 Å². The van der Waals surface area contributed by atoms with Crippen LogP contribution in [0.15, 0.2) is 42.5 Å². The lowest BCUT2D eigenvalue weighted by Crippen LogP contribution is -2.34. The first-order chi connectivity index (χ1) is 9.15. The van der Waals surface area contributed by atoms with E-state index in [0.717, 1.165) is 6.42 Å². The van der Waals surface area contributed by atoms with Crippen molar-refractivity contribution >= 4 is 16.8 Å². The van der Waals surface area contributed by atoms with Crippen LogP contribution in [0.3, 0.4) is 0 Å². The Kier molecular flexibility index (Phi) is 2.87. The van der Waals surface area contributed by atoms with Gasteiger partial charge in [-0.05, 0) is 34.6 Å². The number of rotatable bonds is 3. The molecule has 1 aliphatic rings. The Morgan fingerprint density at radius 2 is 2.00 bits per heavy atom. The Bertz CT molecular complexity index is 626. The van der Waals surface area contributed by atoms with Crippen molar-refractivity contribution in [3.8, 4) is 0 Å². The van der Waals surface area contributed by atoms with Gasteiger partial charge in [-0.1, -0.05) is 42.5 Å². The zero-order valence-electron chi connectivity index (χ0n) is 10.5. The van der Waals surface area contributed by atoms with Gasteiger partial charge in [-0.15, -0.1) is 0 Å². The molecule has 3 N–H and O–H groups in total. The SMILES string of the molecule is NC(=O)N(O)C[C@@H]1C[C@H]1c1ccc2ccccc2c1. The van der Waals surface area contributed by atoms with Gasteiger partial charge in [-0.25, -0.2) is 9.86 Å². The van der Waals surface area contributed by atoms with Crippen molar-refractivity contribution in [2.75, 3.05) is 6.54 Å². The summed E-state index contributed by atoms with van der Waals surface area (Å²) in [5.74, 6) is 0.720. The maximum atomic E-state index is 10.8. The molecule has 0 aromatic heterocycles. The maximum absolute atomic E-state index is 10.8. The number of carbonyl (C=O) groups excluding carboxylic acids is 1. The van der Waals surface area contributed by atoms with Crippen molar-refractivity contribution in [2.24, 2.45) is 11.7 Å². The predicted molar refractivity (Wildman–Crippen MR) is 72.9 cm³/mol. The summed E-state index contributed by atoms with van der Waals surface area (Å²) in [6, 6.07) is 13.9. The quantitative estimate of drug-likeness (QED) is 0.655. The van der Waals surface area contributed by atoms with E-state index < -0.39 is 6.03 Å². The standard InChI is InChI=1S/C15H16N2O2/c16-15(18)17(19)9-13-8-14(13)12-6-5-10-3-1-2-4-11(10)7-12/h1-7,13-14,19H,8-9H2,(H2,16,18)/t13-,14-/m0/s1. The summed E-state index contributed by atoms with van der Waals surface area (Å²) >= 11 is 0. The third kappa shape index (κ3) is 2.39. The van der Waals surface area contributed by atoms with E-state index in [1.54, 1.807) is 0 Å². The highest BCUT2D eigenvalue weighted by molar-refractivity contribution is 5.83. The molecule has 0 aliphatic heterocycles. The Hall–Kier alpha value is -2.07. The van der Waals surface area contributed by atoms with Gasteiger partial charge in [0.1, 0.15) is 0 Å². The van der Waals surface area contributed by atoms with Crippen molar-refractivity contribution in [1.29, 1.82) is 0 Å². The van der Waals surface area contributed by atoms with Crippen molar-refractivity contribution < 1.29 is 10.0 Å². The van der Waals surface area contributed by atoms with E-state index in [9.17, 15) is 10.0 Å². The number of carbonyl (C=O) groups is 1. The summed E-state index contributed by atoms with van der Waals surface area (Å²) in [4.78, 5) is 10.8. The molecule has 2 atom stereocenters. The van der Waals surface area contributed by atoms with Gasteiger partial charge in [-0.2, -0.15) is 0 Å². The van der Waals surface area contributed by atoms with E-state index in [4.69, 9.17) is 5.73 Å². The van der Waals surface area contributed by atoms with Gasteiger partial charge >= 0.3 is 6.03 Å². The summed E-state index contributed by atoms with van der Waals surface area (Å²) in [7, 11) is 0. The molecule has 0 heterocycles. The van der Waals surface area contributed by atoms with Crippen molar-refractivity contribution in [3.63, 3.8) is 0 Å². The minimum Gasteiger partial charge on any atom is -0.350 e. The molecule has 0 spiro atoms. The largest absolute Gasteiger partial charge is 0.350 e. The number of amides is 2. The van der Waals surface area contributed by atoms with Crippen LogP contribution in [0.5, 0.6) is 0 Å². The third-order valence-electron chi connectivity index (χ3n) is 3.79. The van der Waals surface area contributed by atoms with Gasteiger partial charge in [-0.3, -0.25) is 5.21 Å². The number of urea groups is 1. The van der Waals surface area contributed by atoms with Gasteiger partial charge in [0.15, 0.2) is 0 Å². The fourth-order valence-corrected chi connectivity index (χ4v) is 2.61. The number of hydroxylamine groups is 2. The molecule has 3 rings (SSSR count).